The molecule has 0 saturated carbocycles. The predicted molar refractivity (Wildman–Crippen MR) is 76.1 cm³/mol. The number of sulfonamides is 1. The molecule has 0 aliphatic heterocycles. The molecular weight excluding hydrogens is 306 g/mol. The van der Waals surface area contributed by atoms with Gasteiger partial charge in [-0.1, -0.05) is 11.6 Å². The second kappa shape index (κ2) is 5.62. The van der Waals surface area contributed by atoms with Gasteiger partial charge in [0.25, 0.3) is 10.0 Å². The van der Waals surface area contributed by atoms with E-state index in [0.29, 0.717) is 17.4 Å². The van der Waals surface area contributed by atoms with Crippen LogP contribution in [0.2, 0.25) is 4.34 Å². The van der Waals surface area contributed by atoms with Crippen molar-refractivity contribution in [1.29, 1.82) is 0 Å². The quantitative estimate of drug-likeness (QED) is 0.849. The van der Waals surface area contributed by atoms with Crippen molar-refractivity contribution >= 4 is 33.0 Å². The Balaban J connectivity index is 2.10. The number of rotatable bonds is 5. The minimum atomic E-state index is -3.47. The van der Waals surface area contributed by atoms with Crippen LogP contribution >= 0.6 is 22.9 Å². The third-order valence-electron chi connectivity index (χ3n) is 2.70. The first-order valence-corrected chi connectivity index (χ1v) is 8.24. The van der Waals surface area contributed by atoms with Gasteiger partial charge in [-0.3, -0.25) is 4.68 Å². The molecule has 0 N–H and O–H groups in total. The van der Waals surface area contributed by atoms with Crippen LogP contribution in [-0.2, 0) is 16.6 Å². The maximum Gasteiger partial charge on any atom is 0.252 e. The van der Waals surface area contributed by atoms with Crippen molar-refractivity contribution in [3.05, 3.63) is 34.4 Å². The molecule has 19 heavy (non-hydrogen) atoms. The van der Waals surface area contributed by atoms with E-state index < -0.39 is 10.0 Å². The van der Waals surface area contributed by atoms with Gasteiger partial charge in [-0.2, -0.15) is 9.40 Å². The van der Waals surface area contributed by atoms with Crippen molar-refractivity contribution in [3.8, 4) is 0 Å². The zero-order valence-corrected chi connectivity index (χ0v) is 13.0. The summed E-state index contributed by atoms with van der Waals surface area (Å²) in [5.41, 5.74) is 0.783. The molecule has 2 rings (SSSR count). The maximum atomic E-state index is 12.3. The van der Waals surface area contributed by atoms with Crippen LogP contribution in [0.15, 0.2) is 28.7 Å². The minimum Gasteiger partial charge on any atom is -0.271 e. The zero-order chi connectivity index (χ0) is 14.0. The first-order valence-electron chi connectivity index (χ1n) is 5.61. The fraction of sp³-hybridized carbons (Fsp3) is 0.364. The van der Waals surface area contributed by atoms with E-state index in [-0.39, 0.29) is 4.21 Å². The van der Waals surface area contributed by atoms with E-state index in [9.17, 15) is 8.42 Å². The first kappa shape index (κ1) is 14.5. The van der Waals surface area contributed by atoms with Crippen molar-refractivity contribution in [3.63, 3.8) is 0 Å². The summed E-state index contributed by atoms with van der Waals surface area (Å²) >= 11 is 7.01. The molecule has 0 saturated heterocycles. The van der Waals surface area contributed by atoms with Gasteiger partial charge < -0.3 is 0 Å². The number of thiophene rings is 1. The summed E-state index contributed by atoms with van der Waals surface area (Å²) in [6.07, 6.45) is 3.46. The molecule has 0 bridgehead atoms. The maximum absolute atomic E-state index is 12.3. The van der Waals surface area contributed by atoms with E-state index in [1.165, 1.54) is 4.31 Å². The summed E-state index contributed by atoms with van der Waals surface area (Å²) in [4.78, 5) is 0. The second-order valence-electron chi connectivity index (χ2n) is 4.12. The Morgan fingerprint density at radius 2 is 2.26 bits per heavy atom. The standard InChI is InChI=1S/C11H14ClN3O2S2/c1-9-8-10(18-11(9)12)19(16,17)14(2)6-7-15-5-3-4-13-15/h3-5,8H,6-7H2,1-2H3. The highest BCUT2D eigenvalue weighted by molar-refractivity contribution is 7.91. The molecule has 104 valence electrons. The number of aryl methyl sites for hydroxylation is 1. The number of hydrogen-bond acceptors (Lipinski definition) is 4. The average molecular weight is 320 g/mol. The molecule has 0 aromatic carbocycles. The smallest absolute Gasteiger partial charge is 0.252 e. The van der Waals surface area contributed by atoms with Crippen LogP contribution in [0.25, 0.3) is 0 Å². The lowest BCUT2D eigenvalue weighted by atomic mass is 10.4. The largest absolute Gasteiger partial charge is 0.271 e. The van der Waals surface area contributed by atoms with Gasteiger partial charge in [0.2, 0.25) is 0 Å². The second-order valence-corrected chi connectivity index (χ2v) is 8.04. The highest BCUT2D eigenvalue weighted by Crippen LogP contribution is 2.31. The molecule has 0 amide bonds. The first-order chi connectivity index (χ1) is 8.91. The molecule has 2 aromatic heterocycles. The summed E-state index contributed by atoms with van der Waals surface area (Å²) in [6.45, 7) is 2.67. The number of nitrogens with zero attached hydrogens (tertiary/aromatic N) is 3. The summed E-state index contributed by atoms with van der Waals surface area (Å²) in [5, 5.41) is 4.04. The lowest BCUT2D eigenvalue weighted by molar-refractivity contribution is 0.434. The van der Waals surface area contributed by atoms with E-state index in [0.717, 1.165) is 16.9 Å². The fourth-order valence-corrected chi connectivity index (χ4v) is 4.59. The SMILES string of the molecule is Cc1cc(S(=O)(=O)N(C)CCn2cccn2)sc1Cl. The van der Waals surface area contributed by atoms with Crippen LogP contribution in [0, 0.1) is 6.92 Å². The Bertz CT molecular complexity index is 630. The van der Waals surface area contributed by atoms with Crippen molar-refractivity contribution in [2.75, 3.05) is 13.6 Å². The van der Waals surface area contributed by atoms with Gasteiger partial charge in [-0.15, -0.1) is 11.3 Å². The zero-order valence-electron chi connectivity index (χ0n) is 10.6. The third-order valence-corrected chi connectivity index (χ3v) is 6.56. The molecule has 0 unspecified atom stereocenters. The number of likely N-dealkylation sites (N-methyl/N-ethyl adjacent to an activating group) is 1. The Morgan fingerprint density at radius 3 is 2.79 bits per heavy atom. The van der Waals surface area contributed by atoms with Crippen LogP contribution < -0.4 is 0 Å². The molecule has 0 radical (unpaired) electrons. The van der Waals surface area contributed by atoms with Crippen LogP contribution in [0.5, 0.6) is 0 Å². The van der Waals surface area contributed by atoms with Gasteiger partial charge in [-0.05, 0) is 24.6 Å². The number of hydrogen-bond donors (Lipinski definition) is 0. The summed E-state index contributed by atoms with van der Waals surface area (Å²) in [5.74, 6) is 0. The van der Waals surface area contributed by atoms with Gasteiger partial charge in [0, 0.05) is 26.0 Å². The molecule has 0 aliphatic carbocycles. The van der Waals surface area contributed by atoms with Crippen molar-refractivity contribution in [1.82, 2.24) is 14.1 Å². The summed E-state index contributed by atoms with van der Waals surface area (Å²) in [6, 6.07) is 3.41. The highest BCUT2D eigenvalue weighted by atomic mass is 35.5. The molecule has 2 aromatic rings. The van der Waals surface area contributed by atoms with E-state index in [1.54, 1.807) is 43.2 Å². The Hall–Kier alpha value is -0.890. The lowest BCUT2D eigenvalue weighted by Crippen LogP contribution is -2.29. The molecule has 2 heterocycles. The van der Waals surface area contributed by atoms with Crippen LogP contribution in [0.3, 0.4) is 0 Å². The van der Waals surface area contributed by atoms with Gasteiger partial charge in [0.1, 0.15) is 4.21 Å². The van der Waals surface area contributed by atoms with Crippen LogP contribution in [-0.4, -0.2) is 36.1 Å². The van der Waals surface area contributed by atoms with E-state index in [4.69, 9.17) is 11.6 Å². The van der Waals surface area contributed by atoms with E-state index >= 15 is 0 Å². The molecule has 8 heteroatoms. The van der Waals surface area contributed by atoms with Gasteiger partial charge in [0.15, 0.2) is 0 Å². The fourth-order valence-electron chi connectivity index (χ4n) is 1.51. The predicted octanol–water partition coefficient (Wildman–Crippen LogP) is 2.23. The topological polar surface area (TPSA) is 55.2 Å². The van der Waals surface area contributed by atoms with Crippen LogP contribution in [0.4, 0.5) is 0 Å². The molecular formula is C11H14ClN3O2S2. The Kier molecular flexibility index (Phi) is 4.29. The molecule has 5 nitrogen and oxygen atoms in total. The molecule has 0 aliphatic rings. The number of halogens is 1. The Labute approximate surface area is 121 Å². The molecule has 0 spiro atoms. The van der Waals surface area contributed by atoms with Crippen molar-refractivity contribution in [2.24, 2.45) is 0 Å². The lowest BCUT2D eigenvalue weighted by Gasteiger charge is -2.15. The normalized spacial score (nSPS) is 12.2. The van der Waals surface area contributed by atoms with Gasteiger partial charge >= 0.3 is 0 Å². The van der Waals surface area contributed by atoms with Crippen LogP contribution in [0.1, 0.15) is 5.56 Å². The van der Waals surface area contributed by atoms with Gasteiger partial charge in [0.05, 0.1) is 10.9 Å². The average Bonchev–Trinajstić information content (AvgIpc) is 2.97. The van der Waals surface area contributed by atoms with E-state index in [2.05, 4.69) is 5.10 Å². The van der Waals surface area contributed by atoms with Crippen molar-refractivity contribution < 1.29 is 8.42 Å². The van der Waals surface area contributed by atoms with Crippen molar-refractivity contribution in [2.45, 2.75) is 17.7 Å². The minimum absolute atomic E-state index is 0.276. The van der Waals surface area contributed by atoms with Gasteiger partial charge in [-0.25, -0.2) is 8.42 Å². The monoisotopic (exact) mass is 319 g/mol. The molecule has 0 atom stereocenters. The Morgan fingerprint density at radius 1 is 1.53 bits per heavy atom. The highest BCUT2D eigenvalue weighted by Gasteiger charge is 2.23. The summed E-state index contributed by atoms with van der Waals surface area (Å²) in [7, 11) is -1.91. The number of aromatic nitrogens is 2. The molecule has 0 fully saturated rings. The van der Waals surface area contributed by atoms with E-state index in [1.807, 2.05) is 0 Å². The summed E-state index contributed by atoms with van der Waals surface area (Å²) < 4.78 is 28.4. The third kappa shape index (κ3) is 3.17.